The average molecular weight is 1250 g/mol. The number of piperazine rings is 2. The first kappa shape index (κ1) is 65.5. The quantitative estimate of drug-likeness (QED) is 0.0759. The molecule has 4 saturated heterocycles. The highest BCUT2D eigenvalue weighted by Crippen LogP contribution is 2.41. The molecule has 2 aromatic heterocycles. The Kier molecular flexibility index (Phi) is 20.0. The number of aromatic amines is 2. The number of aromatic nitrogens is 2. The maximum absolute atomic E-state index is 14.4. The summed E-state index contributed by atoms with van der Waals surface area (Å²) in [5.41, 5.74) is 5.84. The molecule has 0 spiro atoms. The summed E-state index contributed by atoms with van der Waals surface area (Å²) in [6, 6.07) is 24.2. The number of carbonyl (C=O) groups excluding carboxylic acids is 4. The van der Waals surface area contributed by atoms with Gasteiger partial charge in [-0.05, 0) is 143 Å². The number of halogens is 2. The largest absolute Gasteiger partial charge is 0.345 e. The SMILES string of the molecule is C[C@@H]1CN(CC(=O)N2CC(C)(C)c3[nH]c(=O)c(Cc4ccc(F)cc4)cc32)[C@@H](CN2CCC(CN(C)C(=O)Cc3cccc(C(=O)N(C)CC4CCN(C[C@H]5CN[C@H](C)CN5CC(=O)N5CC(C)(C)c6[nH]c(=O)c(Cc7ccc(F)cc7)cc65)CC4)c3)CC2)CN1. The number of likely N-dealkylation sites (N-methyl/N-ethyl adjacent to an activating group) is 1. The molecule has 20 heteroatoms. The van der Waals surface area contributed by atoms with Crippen LogP contribution in [-0.2, 0) is 44.5 Å². The van der Waals surface area contributed by atoms with Crippen molar-refractivity contribution in [1.29, 1.82) is 0 Å². The van der Waals surface area contributed by atoms with Gasteiger partial charge in [0.1, 0.15) is 11.6 Å². The molecular weight excluding hydrogens is 1150 g/mol. The Morgan fingerprint density at radius 1 is 0.571 bits per heavy atom. The number of pyridine rings is 2. The van der Waals surface area contributed by atoms with Crippen LogP contribution in [0.2, 0.25) is 0 Å². The van der Waals surface area contributed by atoms with Gasteiger partial charge in [0.2, 0.25) is 17.7 Å². The van der Waals surface area contributed by atoms with Crippen molar-refractivity contribution in [3.05, 3.63) is 162 Å². The average Bonchev–Trinajstić information content (AvgIpc) is 1.65. The second kappa shape index (κ2) is 27.7. The number of benzene rings is 3. The fourth-order valence-electron chi connectivity index (χ4n) is 15.0. The van der Waals surface area contributed by atoms with Crippen molar-refractivity contribution < 1.29 is 28.0 Å². The molecule has 91 heavy (non-hydrogen) atoms. The summed E-state index contributed by atoms with van der Waals surface area (Å²) in [4.78, 5) is 106. The van der Waals surface area contributed by atoms with Gasteiger partial charge in [-0.1, -0.05) is 64.1 Å². The number of hydrogen-bond acceptors (Lipinski definition) is 12. The van der Waals surface area contributed by atoms with Crippen LogP contribution < -0.4 is 31.6 Å². The lowest BCUT2D eigenvalue weighted by Gasteiger charge is -2.43. The van der Waals surface area contributed by atoms with Crippen LogP contribution in [0.3, 0.4) is 0 Å². The number of likely N-dealkylation sites (tertiary alicyclic amines) is 2. The highest BCUT2D eigenvalue weighted by molar-refractivity contribution is 5.98. The zero-order valence-electron chi connectivity index (χ0n) is 54.6. The van der Waals surface area contributed by atoms with Gasteiger partial charge >= 0.3 is 0 Å². The van der Waals surface area contributed by atoms with Crippen molar-refractivity contribution in [3.8, 4) is 0 Å². The minimum atomic E-state index is -0.437. The van der Waals surface area contributed by atoms with E-state index in [1.807, 2.05) is 70.1 Å². The first-order valence-electron chi connectivity index (χ1n) is 33.0. The molecule has 11 rings (SSSR count). The predicted octanol–water partition coefficient (Wildman–Crippen LogP) is 5.99. The first-order valence-corrected chi connectivity index (χ1v) is 33.0. The molecule has 0 bridgehead atoms. The molecule has 5 aromatic rings. The van der Waals surface area contributed by atoms with E-state index in [-0.39, 0.29) is 90.1 Å². The number of hydrogen-bond donors (Lipinski definition) is 4. The molecule has 488 valence electrons. The number of amides is 4. The smallest absolute Gasteiger partial charge is 0.253 e. The second-order valence-electron chi connectivity index (χ2n) is 28.7. The maximum Gasteiger partial charge on any atom is 0.253 e. The number of fused-ring (bicyclic) bond motifs is 2. The second-order valence-corrected chi connectivity index (χ2v) is 28.7. The van der Waals surface area contributed by atoms with Crippen molar-refractivity contribution in [2.45, 2.75) is 121 Å². The molecule has 4 fully saturated rings. The third-order valence-electron chi connectivity index (χ3n) is 20.3. The predicted molar refractivity (Wildman–Crippen MR) is 352 cm³/mol. The summed E-state index contributed by atoms with van der Waals surface area (Å²) in [6.45, 7) is 23.5. The molecule has 0 saturated carbocycles. The van der Waals surface area contributed by atoms with E-state index in [4.69, 9.17) is 0 Å². The molecule has 0 aliphatic carbocycles. The number of carbonyl (C=O) groups is 4. The van der Waals surface area contributed by atoms with E-state index >= 15 is 0 Å². The zero-order chi connectivity index (χ0) is 64.5. The third kappa shape index (κ3) is 15.6. The van der Waals surface area contributed by atoms with Crippen LogP contribution in [0, 0.1) is 23.5 Å². The molecule has 6 aliphatic heterocycles. The summed E-state index contributed by atoms with van der Waals surface area (Å²) in [5, 5.41) is 7.30. The molecule has 4 atom stereocenters. The fraction of sp³-hybridized carbons (Fsp3) is 0.549. The van der Waals surface area contributed by atoms with Crippen LogP contribution in [0.1, 0.15) is 117 Å². The van der Waals surface area contributed by atoms with Crippen molar-refractivity contribution in [1.82, 2.24) is 50.0 Å². The maximum atomic E-state index is 14.4. The number of anilines is 2. The van der Waals surface area contributed by atoms with E-state index in [0.717, 1.165) is 131 Å². The Hall–Kier alpha value is -6.94. The molecular formula is C71H94F2N12O6. The van der Waals surface area contributed by atoms with E-state index in [1.54, 1.807) is 24.3 Å². The number of nitrogens with zero attached hydrogens (tertiary/aromatic N) is 8. The minimum absolute atomic E-state index is 0.000814. The van der Waals surface area contributed by atoms with Gasteiger partial charge in [-0.15, -0.1) is 0 Å². The molecule has 0 unspecified atom stereocenters. The highest BCUT2D eigenvalue weighted by Gasteiger charge is 2.43. The van der Waals surface area contributed by atoms with Crippen LogP contribution in [0.5, 0.6) is 0 Å². The van der Waals surface area contributed by atoms with Gasteiger partial charge in [-0.25, -0.2) is 8.78 Å². The van der Waals surface area contributed by atoms with Crippen molar-refractivity contribution in [2.24, 2.45) is 11.8 Å². The van der Waals surface area contributed by atoms with Gasteiger partial charge in [0.15, 0.2) is 0 Å². The van der Waals surface area contributed by atoms with Gasteiger partial charge < -0.3 is 50.0 Å². The Balaban J connectivity index is 0.614. The topological polar surface area (TPSA) is 184 Å². The zero-order valence-corrected chi connectivity index (χ0v) is 54.6. The highest BCUT2D eigenvalue weighted by atomic mass is 19.1. The summed E-state index contributed by atoms with van der Waals surface area (Å²) >= 11 is 0. The number of piperidine rings is 2. The minimum Gasteiger partial charge on any atom is -0.345 e. The summed E-state index contributed by atoms with van der Waals surface area (Å²) < 4.78 is 27.3. The Morgan fingerprint density at radius 3 is 1.44 bits per heavy atom. The van der Waals surface area contributed by atoms with Crippen LogP contribution in [0.15, 0.2) is 94.5 Å². The van der Waals surface area contributed by atoms with E-state index < -0.39 is 10.8 Å². The van der Waals surface area contributed by atoms with Crippen molar-refractivity contribution in [2.75, 3.05) is 129 Å². The van der Waals surface area contributed by atoms with Crippen LogP contribution in [0.4, 0.5) is 20.2 Å². The van der Waals surface area contributed by atoms with Gasteiger partial charge in [-0.2, -0.15) is 0 Å². The summed E-state index contributed by atoms with van der Waals surface area (Å²) in [6.07, 6.45) is 4.70. The standard InChI is InChI=1S/C71H94F2N12O6/c1-46-36-82(42-63(87)84-44-70(3,4)65-60(84)32-54(67(89)76-65)28-48-12-16-56(72)17-13-48)58(34-74-46)40-80-24-20-50(21-25-80)38-78(7)62(86)31-52-10-9-11-53(30-52)69(91)79(8)39-51-22-26-81(27-23-51)41-59-35-75-47(2)37-83(59)43-64(88)85-45-71(5,6)66-61(85)33-55(68(90)77-66)29-49-14-18-57(73)19-15-49/h9-19,30,32-33,46-47,50-51,58-59,74-75H,20-29,31,34-45H2,1-8H3,(H,76,89)(H,77,90)/t46-,47-,58-,59-/m1/s1. The van der Waals surface area contributed by atoms with Crippen LogP contribution in [-0.4, -0.2) is 206 Å². The normalized spacial score (nSPS) is 22.4. The monoisotopic (exact) mass is 1250 g/mol. The molecule has 3 aromatic carbocycles. The Morgan fingerprint density at radius 2 is 1.00 bits per heavy atom. The summed E-state index contributed by atoms with van der Waals surface area (Å²) in [7, 11) is 3.76. The Bertz CT molecular complexity index is 3560. The molecule has 4 N–H and O–H groups in total. The third-order valence-corrected chi connectivity index (χ3v) is 20.3. The first-order chi connectivity index (χ1) is 43.4. The lowest BCUT2D eigenvalue weighted by Crippen LogP contribution is -2.61. The lowest BCUT2D eigenvalue weighted by atomic mass is 9.91. The number of rotatable bonds is 19. The van der Waals surface area contributed by atoms with E-state index in [2.05, 4.69) is 81.7 Å². The molecule has 18 nitrogen and oxygen atoms in total. The van der Waals surface area contributed by atoms with Crippen LogP contribution >= 0.6 is 0 Å². The molecule has 8 heterocycles. The number of nitrogens with one attached hydrogen (secondary N) is 4. The number of H-pyrrole nitrogens is 2. The van der Waals surface area contributed by atoms with Crippen LogP contribution in [0.25, 0.3) is 0 Å². The van der Waals surface area contributed by atoms with Gasteiger partial charge in [0.25, 0.3) is 17.0 Å². The van der Waals surface area contributed by atoms with Gasteiger partial charge in [-0.3, -0.25) is 38.6 Å². The fourth-order valence-corrected chi connectivity index (χ4v) is 15.0. The van der Waals surface area contributed by atoms with Gasteiger partial charge in [0.05, 0.1) is 30.9 Å². The van der Waals surface area contributed by atoms with E-state index in [0.29, 0.717) is 67.5 Å². The van der Waals surface area contributed by atoms with E-state index in [1.165, 1.54) is 24.3 Å². The Labute approximate surface area is 534 Å². The van der Waals surface area contributed by atoms with Gasteiger partial charge in [0, 0.05) is 155 Å². The van der Waals surface area contributed by atoms with E-state index in [9.17, 15) is 37.5 Å². The molecule has 4 amide bonds. The molecule has 6 aliphatic rings. The van der Waals surface area contributed by atoms with Crippen molar-refractivity contribution >= 4 is 35.0 Å². The molecule has 0 radical (unpaired) electrons. The van der Waals surface area contributed by atoms with Crippen molar-refractivity contribution in [3.63, 3.8) is 0 Å². The summed E-state index contributed by atoms with van der Waals surface area (Å²) in [5.74, 6) is 0.0104. The lowest BCUT2D eigenvalue weighted by molar-refractivity contribution is -0.130.